The van der Waals surface area contributed by atoms with Gasteiger partial charge in [0.05, 0.1) is 23.7 Å². The van der Waals surface area contributed by atoms with Gasteiger partial charge in [-0.25, -0.2) is 13.4 Å². The summed E-state index contributed by atoms with van der Waals surface area (Å²) < 4.78 is 21.7. The number of hydrogen-bond acceptors (Lipinski definition) is 5. The number of sulfone groups is 1. The van der Waals surface area contributed by atoms with Crippen LogP contribution in [-0.2, 0) is 26.9 Å². The number of nitrogens with zero attached hydrogens (tertiary/aromatic N) is 1. The highest BCUT2D eigenvalue weighted by atomic mass is 35.5. The number of rotatable bonds is 7. The molecule has 0 aliphatic carbocycles. The van der Waals surface area contributed by atoms with Crippen LogP contribution in [0, 0.1) is 0 Å². The number of amides is 1. The molecule has 18 heavy (non-hydrogen) atoms. The SMILES string of the molecule is CS(=O)(=O)CCCNC(=O)Cc1nc(CCl)cs1. The van der Waals surface area contributed by atoms with Gasteiger partial charge in [-0.1, -0.05) is 0 Å². The Hall–Kier alpha value is -0.660. The van der Waals surface area contributed by atoms with E-state index in [9.17, 15) is 13.2 Å². The first-order valence-corrected chi connectivity index (χ1v) is 8.82. The third kappa shape index (κ3) is 6.32. The van der Waals surface area contributed by atoms with Gasteiger partial charge in [0, 0.05) is 18.2 Å². The Morgan fingerprint density at radius 2 is 2.28 bits per heavy atom. The van der Waals surface area contributed by atoms with Crippen LogP contribution in [0.15, 0.2) is 5.38 Å². The van der Waals surface area contributed by atoms with Crippen molar-refractivity contribution in [3.05, 3.63) is 16.1 Å². The number of thiazole rings is 1. The molecule has 1 heterocycles. The monoisotopic (exact) mass is 310 g/mol. The van der Waals surface area contributed by atoms with Gasteiger partial charge in [0.1, 0.15) is 14.8 Å². The summed E-state index contributed by atoms with van der Waals surface area (Å²) in [5.41, 5.74) is 0.765. The molecule has 0 saturated carbocycles. The molecule has 5 nitrogen and oxygen atoms in total. The van der Waals surface area contributed by atoms with Crippen molar-refractivity contribution >= 4 is 38.7 Å². The molecule has 1 rings (SSSR count). The van der Waals surface area contributed by atoms with E-state index in [1.807, 2.05) is 5.38 Å². The second-order valence-electron chi connectivity index (χ2n) is 3.88. The molecule has 0 spiro atoms. The Kier molecular flexibility index (Phi) is 6.04. The first-order chi connectivity index (χ1) is 8.40. The molecule has 0 radical (unpaired) electrons. The Morgan fingerprint density at radius 1 is 1.56 bits per heavy atom. The van der Waals surface area contributed by atoms with Crippen LogP contribution in [0.4, 0.5) is 0 Å². The number of alkyl halides is 1. The van der Waals surface area contributed by atoms with Crippen molar-refractivity contribution in [1.29, 1.82) is 0 Å². The first kappa shape index (κ1) is 15.4. The van der Waals surface area contributed by atoms with E-state index >= 15 is 0 Å². The number of carbonyl (C=O) groups is 1. The van der Waals surface area contributed by atoms with Crippen LogP contribution >= 0.6 is 22.9 Å². The van der Waals surface area contributed by atoms with Crippen LogP contribution in [0.1, 0.15) is 17.1 Å². The lowest BCUT2D eigenvalue weighted by atomic mass is 10.4. The highest BCUT2D eigenvalue weighted by Gasteiger charge is 2.08. The van der Waals surface area contributed by atoms with Crippen molar-refractivity contribution in [1.82, 2.24) is 10.3 Å². The molecule has 8 heteroatoms. The molecule has 0 unspecified atom stereocenters. The summed E-state index contributed by atoms with van der Waals surface area (Å²) >= 11 is 7.00. The van der Waals surface area contributed by atoms with Crippen LogP contribution in [0.2, 0.25) is 0 Å². The lowest BCUT2D eigenvalue weighted by molar-refractivity contribution is -0.120. The third-order valence-electron chi connectivity index (χ3n) is 2.06. The minimum atomic E-state index is -2.96. The van der Waals surface area contributed by atoms with Gasteiger partial charge in [0.15, 0.2) is 0 Å². The molecule has 0 fully saturated rings. The number of carbonyl (C=O) groups excluding carboxylic acids is 1. The lowest BCUT2D eigenvalue weighted by Gasteiger charge is -2.02. The van der Waals surface area contributed by atoms with Gasteiger partial charge in [-0.15, -0.1) is 22.9 Å². The van der Waals surface area contributed by atoms with Crippen molar-refractivity contribution in [2.45, 2.75) is 18.7 Å². The average Bonchev–Trinajstić information content (AvgIpc) is 2.71. The Balaban J connectivity index is 2.25. The van der Waals surface area contributed by atoms with Crippen molar-refractivity contribution in [2.24, 2.45) is 0 Å². The van der Waals surface area contributed by atoms with Gasteiger partial charge < -0.3 is 5.32 Å². The average molecular weight is 311 g/mol. The fraction of sp³-hybridized carbons (Fsp3) is 0.600. The van der Waals surface area contributed by atoms with E-state index < -0.39 is 9.84 Å². The van der Waals surface area contributed by atoms with E-state index in [1.54, 1.807) is 0 Å². The van der Waals surface area contributed by atoms with Crippen LogP contribution in [0.25, 0.3) is 0 Å². The van der Waals surface area contributed by atoms with E-state index in [2.05, 4.69) is 10.3 Å². The number of aromatic nitrogens is 1. The van der Waals surface area contributed by atoms with E-state index in [0.29, 0.717) is 23.9 Å². The Bertz CT molecular complexity index is 499. The molecular weight excluding hydrogens is 296 g/mol. The first-order valence-electron chi connectivity index (χ1n) is 5.34. The standard InChI is InChI=1S/C10H15ClN2O3S2/c1-18(15,16)4-2-3-12-9(14)5-10-13-8(6-11)7-17-10/h7H,2-6H2,1H3,(H,12,14). The number of hydrogen-bond donors (Lipinski definition) is 1. The molecule has 102 valence electrons. The Morgan fingerprint density at radius 3 is 2.83 bits per heavy atom. The maximum Gasteiger partial charge on any atom is 0.226 e. The van der Waals surface area contributed by atoms with Gasteiger partial charge in [-0.3, -0.25) is 4.79 Å². The highest BCUT2D eigenvalue weighted by Crippen LogP contribution is 2.11. The fourth-order valence-electron chi connectivity index (χ4n) is 1.25. The fourth-order valence-corrected chi connectivity index (χ4v) is 2.94. The van der Waals surface area contributed by atoms with E-state index in [4.69, 9.17) is 11.6 Å². The van der Waals surface area contributed by atoms with Crippen LogP contribution in [0.3, 0.4) is 0 Å². The predicted octanol–water partition coefficient (Wildman–Crippen LogP) is 0.975. The minimum Gasteiger partial charge on any atom is -0.356 e. The lowest BCUT2D eigenvalue weighted by Crippen LogP contribution is -2.27. The topological polar surface area (TPSA) is 76.1 Å². The van der Waals surface area contributed by atoms with E-state index in [-0.39, 0.29) is 18.1 Å². The zero-order valence-electron chi connectivity index (χ0n) is 9.98. The second kappa shape index (κ2) is 7.06. The van der Waals surface area contributed by atoms with Gasteiger partial charge in [0.25, 0.3) is 0 Å². The normalized spacial score (nSPS) is 11.4. The van der Waals surface area contributed by atoms with Gasteiger partial charge in [0.2, 0.25) is 5.91 Å². The molecule has 0 atom stereocenters. The molecule has 1 N–H and O–H groups in total. The summed E-state index contributed by atoms with van der Waals surface area (Å²) in [5, 5.41) is 5.19. The van der Waals surface area contributed by atoms with E-state index in [1.165, 1.54) is 17.6 Å². The van der Waals surface area contributed by atoms with Crippen molar-refractivity contribution < 1.29 is 13.2 Å². The number of nitrogens with one attached hydrogen (secondary N) is 1. The van der Waals surface area contributed by atoms with Crippen molar-refractivity contribution in [3.63, 3.8) is 0 Å². The smallest absolute Gasteiger partial charge is 0.226 e. The summed E-state index contributed by atoms with van der Waals surface area (Å²) in [6.07, 6.45) is 1.81. The maximum absolute atomic E-state index is 11.5. The zero-order chi connectivity index (χ0) is 13.6. The summed E-state index contributed by atoms with van der Waals surface area (Å²) in [6, 6.07) is 0. The van der Waals surface area contributed by atoms with Crippen LogP contribution in [-0.4, -0.2) is 37.9 Å². The van der Waals surface area contributed by atoms with Gasteiger partial charge in [-0.2, -0.15) is 0 Å². The Labute approximate surface area is 115 Å². The third-order valence-corrected chi connectivity index (χ3v) is 4.26. The predicted molar refractivity (Wildman–Crippen MR) is 72.7 cm³/mol. The molecular formula is C10H15ClN2O3S2. The van der Waals surface area contributed by atoms with Gasteiger partial charge in [-0.05, 0) is 6.42 Å². The number of halogens is 1. The van der Waals surface area contributed by atoms with Crippen LogP contribution in [0.5, 0.6) is 0 Å². The molecule has 0 aliphatic rings. The van der Waals surface area contributed by atoms with Crippen molar-refractivity contribution in [3.8, 4) is 0 Å². The summed E-state index contributed by atoms with van der Waals surface area (Å²) in [4.78, 5) is 15.7. The molecule has 1 aromatic heterocycles. The quantitative estimate of drug-likeness (QED) is 0.601. The summed E-state index contributed by atoms with van der Waals surface area (Å²) in [7, 11) is -2.96. The van der Waals surface area contributed by atoms with Crippen LogP contribution < -0.4 is 5.32 Å². The molecule has 1 amide bonds. The van der Waals surface area contributed by atoms with Crippen molar-refractivity contribution in [2.75, 3.05) is 18.6 Å². The molecule has 0 saturated heterocycles. The molecule has 0 aromatic carbocycles. The van der Waals surface area contributed by atoms with E-state index in [0.717, 1.165) is 5.69 Å². The summed E-state index contributed by atoms with van der Waals surface area (Å²) in [5.74, 6) is 0.270. The summed E-state index contributed by atoms with van der Waals surface area (Å²) in [6.45, 7) is 0.361. The highest BCUT2D eigenvalue weighted by molar-refractivity contribution is 7.90. The largest absolute Gasteiger partial charge is 0.356 e. The van der Waals surface area contributed by atoms with Gasteiger partial charge >= 0.3 is 0 Å². The second-order valence-corrected chi connectivity index (χ2v) is 7.35. The maximum atomic E-state index is 11.5. The molecule has 0 aliphatic heterocycles. The minimum absolute atomic E-state index is 0.0843. The molecule has 0 bridgehead atoms. The zero-order valence-corrected chi connectivity index (χ0v) is 12.4. The molecule has 1 aromatic rings.